The van der Waals surface area contributed by atoms with Crippen LogP contribution in [0.25, 0.3) is 0 Å². The summed E-state index contributed by atoms with van der Waals surface area (Å²) >= 11 is 0. The van der Waals surface area contributed by atoms with Crippen molar-refractivity contribution in [1.29, 1.82) is 0 Å². The Labute approximate surface area is 89.4 Å². The maximum absolute atomic E-state index is 3.75. The average molecular weight is 198 g/mol. The minimum atomic E-state index is 0.663. The highest BCUT2D eigenvalue weighted by atomic mass is 15.1. The van der Waals surface area contributed by atoms with Gasteiger partial charge in [-0.05, 0) is 46.3 Å². The van der Waals surface area contributed by atoms with Crippen molar-refractivity contribution >= 4 is 0 Å². The maximum atomic E-state index is 3.75. The first-order chi connectivity index (χ1) is 6.72. The Bertz CT molecular complexity index is 134. The fourth-order valence-electron chi connectivity index (χ4n) is 1.43. The molecule has 0 saturated carbocycles. The van der Waals surface area contributed by atoms with Gasteiger partial charge in [0.25, 0.3) is 0 Å². The summed E-state index contributed by atoms with van der Waals surface area (Å²) in [6.07, 6.45) is 5.72. The number of hydrogen-bond donors (Lipinski definition) is 1. The smallest absolute Gasteiger partial charge is 0.0160 e. The molecule has 0 aliphatic carbocycles. The van der Waals surface area contributed by atoms with E-state index in [2.05, 4.69) is 37.7 Å². The van der Waals surface area contributed by atoms with E-state index in [0.717, 1.165) is 19.6 Å². The van der Waals surface area contributed by atoms with Gasteiger partial charge in [-0.25, -0.2) is 0 Å². The van der Waals surface area contributed by atoms with Crippen LogP contribution in [0.15, 0.2) is 12.7 Å². The van der Waals surface area contributed by atoms with Crippen LogP contribution in [0, 0.1) is 0 Å². The van der Waals surface area contributed by atoms with Gasteiger partial charge in [0.2, 0.25) is 0 Å². The molecule has 14 heavy (non-hydrogen) atoms. The molecule has 0 aromatic rings. The normalized spacial score (nSPS) is 13.1. The van der Waals surface area contributed by atoms with Gasteiger partial charge in [-0.1, -0.05) is 13.0 Å². The summed E-state index contributed by atoms with van der Waals surface area (Å²) in [4.78, 5) is 2.34. The Morgan fingerprint density at radius 2 is 2.14 bits per heavy atom. The van der Waals surface area contributed by atoms with Gasteiger partial charge in [-0.15, -0.1) is 6.58 Å². The molecule has 0 spiro atoms. The zero-order valence-corrected chi connectivity index (χ0v) is 10.1. The van der Waals surface area contributed by atoms with E-state index in [9.17, 15) is 0 Å². The third kappa shape index (κ3) is 7.10. The molecule has 1 N–H and O–H groups in total. The lowest BCUT2D eigenvalue weighted by Crippen LogP contribution is -2.30. The summed E-state index contributed by atoms with van der Waals surface area (Å²) in [7, 11) is 2.16. The molecule has 0 saturated heterocycles. The van der Waals surface area contributed by atoms with E-state index in [-0.39, 0.29) is 0 Å². The van der Waals surface area contributed by atoms with Crippen LogP contribution in [-0.4, -0.2) is 37.6 Å². The molecule has 84 valence electrons. The van der Waals surface area contributed by atoms with E-state index in [4.69, 9.17) is 0 Å². The molecule has 0 aliphatic heterocycles. The Morgan fingerprint density at radius 1 is 1.43 bits per heavy atom. The van der Waals surface area contributed by atoms with Crippen molar-refractivity contribution in [3.63, 3.8) is 0 Å². The molecule has 2 nitrogen and oxygen atoms in total. The number of rotatable bonds is 9. The van der Waals surface area contributed by atoms with Gasteiger partial charge < -0.3 is 10.2 Å². The number of nitrogens with zero attached hydrogens (tertiary/aromatic N) is 1. The predicted octanol–water partition coefficient (Wildman–Crippen LogP) is 2.27. The second kappa shape index (κ2) is 9.22. The highest BCUT2D eigenvalue weighted by Crippen LogP contribution is 2.03. The minimum absolute atomic E-state index is 0.663. The first-order valence-electron chi connectivity index (χ1n) is 5.74. The van der Waals surface area contributed by atoms with Crippen molar-refractivity contribution in [2.24, 2.45) is 0 Å². The minimum Gasteiger partial charge on any atom is -0.317 e. The zero-order valence-electron chi connectivity index (χ0n) is 10.1. The summed E-state index contributed by atoms with van der Waals surface area (Å²) in [6, 6.07) is 0.663. The molecule has 0 aromatic heterocycles. The maximum Gasteiger partial charge on any atom is 0.0160 e. The molecular weight excluding hydrogens is 172 g/mol. The quantitative estimate of drug-likeness (QED) is 0.452. The molecule has 0 fully saturated rings. The van der Waals surface area contributed by atoms with Crippen LogP contribution < -0.4 is 5.32 Å². The summed E-state index contributed by atoms with van der Waals surface area (Å²) in [5, 5.41) is 3.42. The van der Waals surface area contributed by atoms with E-state index < -0.39 is 0 Å². The molecule has 0 amide bonds. The highest BCUT2D eigenvalue weighted by Gasteiger charge is 2.05. The fraction of sp³-hybridized carbons (Fsp3) is 0.833. The fourth-order valence-corrected chi connectivity index (χ4v) is 1.43. The van der Waals surface area contributed by atoms with Crippen molar-refractivity contribution in [3.8, 4) is 0 Å². The molecule has 0 aliphatic rings. The molecule has 0 aromatic carbocycles. The van der Waals surface area contributed by atoms with Crippen molar-refractivity contribution in [3.05, 3.63) is 12.7 Å². The summed E-state index contributed by atoms with van der Waals surface area (Å²) in [6.45, 7) is 11.5. The average Bonchev–Trinajstić information content (AvgIpc) is 2.17. The van der Waals surface area contributed by atoms with Gasteiger partial charge >= 0.3 is 0 Å². The molecule has 1 unspecified atom stereocenters. The Balaban J connectivity index is 3.33. The molecule has 0 bridgehead atoms. The first-order valence-corrected chi connectivity index (χ1v) is 5.74. The zero-order chi connectivity index (χ0) is 10.8. The first kappa shape index (κ1) is 13.7. The van der Waals surface area contributed by atoms with E-state index >= 15 is 0 Å². The number of nitrogens with one attached hydrogen (secondary N) is 1. The van der Waals surface area contributed by atoms with Gasteiger partial charge in [0.05, 0.1) is 0 Å². The van der Waals surface area contributed by atoms with Crippen molar-refractivity contribution in [2.75, 3.05) is 26.7 Å². The summed E-state index contributed by atoms with van der Waals surface area (Å²) < 4.78 is 0. The van der Waals surface area contributed by atoms with Crippen LogP contribution in [-0.2, 0) is 0 Å². The van der Waals surface area contributed by atoms with Crippen molar-refractivity contribution in [2.45, 2.75) is 39.2 Å². The van der Waals surface area contributed by atoms with Gasteiger partial charge in [0, 0.05) is 12.6 Å². The highest BCUT2D eigenvalue weighted by molar-refractivity contribution is 4.74. The van der Waals surface area contributed by atoms with Crippen molar-refractivity contribution < 1.29 is 0 Å². The second-order valence-electron chi connectivity index (χ2n) is 3.97. The second-order valence-corrected chi connectivity index (χ2v) is 3.97. The molecule has 0 heterocycles. The van der Waals surface area contributed by atoms with Crippen molar-refractivity contribution in [1.82, 2.24) is 10.2 Å². The molecule has 0 radical (unpaired) electrons. The van der Waals surface area contributed by atoms with Crippen LogP contribution in [0.2, 0.25) is 0 Å². The number of hydrogen-bond acceptors (Lipinski definition) is 2. The lowest BCUT2D eigenvalue weighted by atomic mass is 10.1. The van der Waals surface area contributed by atoms with E-state index in [1.54, 1.807) is 0 Å². The van der Waals surface area contributed by atoms with Gasteiger partial charge in [0.15, 0.2) is 0 Å². The topological polar surface area (TPSA) is 15.3 Å². The van der Waals surface area contributed by atoms with Crippen LogP contribution >= 0.6 is 0 Å². The Hall–Kier alpha value is -0.340. The Kier molecular flexibility index (Phi) is 9.00. The Morgan fingerprint density at radius 3 is 2.71 bits per heavy atom. The monoisotopic (exact) mass is 198 g/mol. The SMILES string of the molecule is C=CCN(C)C(C)CCCNCCC. The molecule has 1 atom stereocenters. The lowest BCUT2D eigenvalue weighted by molar-refractivity contribution is 0.266. The molecule has 0 rings (SSSR count). The largest absolute Gasteiger partial charge is 0.317 e. The van der Waals surface area contributed by atoms with Gasteiger partial charge in [0.1, 0.15) is 0 Å². The third-order valence-electron chi connectivity index (χ3n) is 2.57. The van der Waals surface area contributed by atoms with Crippen LogP contribution in [0.1, 0.15) is 33.1 Å². The lowest BCUT2D eigenvalue weighted by Gasteiger charge is -2.23. The standard InChI is InChI=1S/C12H26N2/c1-5-9-13-10-7-8-12(3)14(4)11-6-2/h6,12-13H,2,5,7-11H2,1,3-4H3. The van der Waals surface area contributed by atoms with E-state index in [1.165, 1.54) is 19.3 Å². The summed E-state index contributed by atoms with van der Waals surface area (Å²) in [5.74, 6) is 0. The van der Waals surface area contributed by atoms with Crippen LogP contribution in [0.3, 0.4) is 0 Å². The summed E-state index contributed by atoms with van der Waals surface area (Å²) in [5.41, 5.74) is 0. The van der Waals surface area contributed by atoms with Gasteiger partial charge in [-0.3, -0.25) is 0 Å². The van der Waals surface area contributed by atoms with Crippen LogP contribution in [0.4, 0.5) is 0 Å². The third-order valence-corrected chi connectivity index (χ3v) is 2.57. The molecule has 2 heteroatoms. The van der Waals surface area contributed by atoms with Crippen LogP contribution in [0.5, 0.6) is 0 Å². The molecular formula is C12H26N2. The predicted molar refractivity (Wildman–Crippen MR) is 64.7 cm³/mol. The van der Waals surface area contributed by atoms with E-state index in [0.29, 0.717) is 6.04 Å². The number of likely N-dealkylation sites (N-methyl/N-ethyl adjacent to an activating group) is 1. The van der Waals surface area contributed by atoms with E-state index in [1.807, 2.05) is 6.08 Å². The van der Waals surface area contributed by atoms with Gasteiger partial charge in [-0.2, -0.15) is 0 Å².